The average Bonchev–Trinajstić information content (AvgIpc) is 3.33. The Hall–Kier alpha value is -0.380. The molecule has 0 aromatic heterocycles. The molecule has 0 spiro atoms. The third-order valence-corrected chi connectivity index (χ3v) is 14.3. The molecule has 11 nitrogen and oxygen atoms in total. The lowest BCUT2D eigenvalue weighted by Gasteiger charge is -2.37. The van der Waals surface area contributed by atoms with E-state index in [1.165, 1.54) is 10.1 Å². The molecule has 3 atom stereocenters. The number of nitrogens with zero attached hydrogens (tertiary/aromatic N) is 3. The highest BCUT2D eigenvalue weighted by molar-refractivity contribution is 14.1. The van der Waals surface area contributed by atoms with Crippen molar-refractivity contribution in [1.82, 2.24) is 15.0 Å². The SMILES string of the molecule is CN1C(C)(C)CC(C(=O)Oc2c(I)c(OC(=O)C3CC(C)(C)N(O)C3(C)C)c(I)c(OC(=O)C3CC(C)(C)N(O)C3(C)C)c2I)C1(C)C. The van der Waals surface area contributed by atoms with Crippen LogP contribution in [0, 0.1) is 28.5 Å². The maximum Gasteiger partial charge on any atom is 0.316 e. The molecular weight excluding hydrogens is 959 g/mol. The smallest absolute Gasteiger partial charge is 0.316 e. The van der Waals surface area contributed by atoms with Crippen LogP contribution in [0.15, 0.2) is 0 Å². The number of esters is 3. The van der Waals surface area contributed by atoms with Gasteiger partial charge < -0.3 is 24.6 Å². The summed E-state index contributed by atoms with van der Waals surface area (Å²) in [4.78, 5) is 44.0. The molecule has 3 aliphatic heterocycles. The van der Waals surface area contributed by atoms with Gasteiger partial charge in [0.15, 0.2) is 17.2 Å². The van der Waals surface area contributed by atoms with Gasteiger partial charge in [-0.25, -0.2) is 0 Å². The predicted molar refractivity (Wildman–Crippen MR) is 205 cm³/mol. The van der Waals surface area contributed by atoms with E-state index in [1.54, 1.807) is 27.7 Å². The number of rotatable bonds is 6. The van der Waals surface area contributed by atoms with Crippen molar-refractivity contribution in [2.75, 3.05) is 7.05 Å². The van der Waals surface area contributed by atoms with E-state index in [0.717, 1.165) is 0 Å². The zero-order valence-electron chi connectivity index (χ0n) is 30.2. The van der Waals surface area contributed by atoms with Crippen molar-refractivity contribution >= 4 is 85.7 Å². The summed E-state index contributed by atoms with van der Waals surface area (Å²) in [6, 6.07) is 0. The first-order valence-corrected chi connectivity index (χ1v) is 19.3. The molecule has 0 radical (unpaired) electrons. The number of benzene rings is 1. The summed E-state index contributed by atoms with van der Waals surface area (Å²) < 4.78 is 19.6. The largest absolute Gasteiger partial charge is 0.424 e. The van der Waals surface area contributed by atoms with Gasteiger partial charge in [0.05, 0.1) is 28.8 Å². The number of ether oxygens (including phenoxy) is 3. The van der Waals surface area contributed by atoms with Gasteiger partial charge in [-0.2, -0.15) is 10.1 Å². The molecule has 2 N–H and O–H groups in total. The topological polar surface area (TPSA) is 129 Å². The van der Waals surface area contributed by atoms with Gasteiger partial charge in [0.25, 0.3) is 0 Å². The highest BCUT2D eigenvalue weighted by Gasteiger charge is 2.57. The Balaban J connectivity index is 1.79. The van der Waals surface area contributed by atoms with Crippen molar-refractivity contribution in [1.29, 1.82) is 0 Å². The van der Waals surface area contributed by atoms with Gasteiger partial charge in [-0.05, 0) is 177 Å². The molecular formula is C34H50I3N3O8. The van der Waals surface area contributed by atoms with Crippen LogP contribution in [0.1, 0.15) is 102 Å². The molecule has 3 saturated heterocycles. The Morgan fingerprint density at radius 3 is 1.00 bits per heavy atom. The fourth-order valence-corrected chi connectivity index (χ4v) is 11.8. The van der Waals surface area contributed by atoms with Crippen LogP contribution in [0.25, 0.3) is 0 Å². The fourth-order valence-electron chi connectivity index (χ4n) is 7.92. The number of hydrogen-bond donors (Lipinski definition) is 2. The summed E-state index contributed by atoms with van der Waals surface area (Å²) in [5, 5.41) is 24.2. The van der Waals surface area contributed by atoms with Crippen molar-refractivity contribution in [3.8, 4) is 17.2 Å². The predicted octanol–water partition coefficient (Wildman–Crippen LogP) is 7.26. The minimum absolute atomic E-state index is 0.107. The molecule has 0 saturated carbocycles. The second kappa shape index (κ2) is 12.9. The van der Waals surface area contributed by atoms with Crippen LogP contribution in [0.3, 0.4) is 0 Å². The number of likely N-dealkylation sites (tertiary alicyclic amines) is 1. The van der Waals surface area contributed by atoms with E-state index in [9.17, 15) is 24.8 Å². The number of halogens is 3. The molecule has 1 aromatic rings. The number of hydroxylamine groups is 4. The van der Waals surface area contributed by atoms with Gasteiger partial charge >= 0.3 is 17.9 Å². The molecule has 3 fully saturated rings. The Labute approximate surface area is 325 Å². The Bertz CT molecular complexity index is 1330. The maximum atomic E-state index is 14.0. The van der Waals surface area contributed by atoms with Crippen LogP contribution in [-0.4, -0.2) is 83.6 Å². The van der Waals surface area contributed by atoms with Crippen LogP contribution in [0.5, 0.6) is 17.2 Å². The van der Waals surface area contributed by atoms with E-state index in [-0.39, 0.29) is 22.8 Å². The second-order valence-electron chi connectivity index (χ2n) is 17.0. The molecule has 0 aliphatic carbocycles. The number of carbonyl (C=O) groups excluding carboxylic acids is 3. The zero-order valence-corrected chi connectivity index (χ0v) is 36.6. The van der Waals surface area contributed by atoms with Crippen molar-refractivity contribution in [3.05, 3.63) is 10.7 Å². The van der Waals surface area contributed by atoms with E-state index < -0.39 is 63.4 Å². The van der Waals surface area contributed by atoms with Gasteiger partial charge in [-0.15, -0.1) is 0 Å². The van der Waals surface area contributed by atoms with E-state index in [2.05, 4.69) is 18.7 Å². The standard InChI is InChI=1S/C34H50I3N3O8/c1-29(2)14-17(32(7,8)38(29)13)26(41)46-23-20(35)24(47-27(42)18-15-30(3,4)39(44)33(18,9)10)22(37)25(21(23)36)48-28(43)19-16-31(5,6)40(45)34(19,11)12/h17-19,44-45H,14-16H2,1-13H3. The summed E-state index contributed by atoms with van der Waals surface area (Å²) in [5.74, 6) is -3.05. The average molecular weight is 1010 g/mol. The van der Waals surface area contributed by atoms with Crippen molar-refractivity contribution < 1.29 is 39.0 Å². The zero-order chi connectivity index (χ0) is 36.9. The van der Waals surface area contributed by atoms with Gasteiger partial charge in [0, 0.05) is 22.2 Å². The van der Waals surface area contributed by atoms with Gasteiger partial charge in [-0.3, -0.25) is 19.3 Å². The minimum Gasteiger partial charge on any atom is -0.424 e. The molecule has 3 heterocycles. The molecule has 0 bridgehead atoms. The van der Waals surface area contributed by atoms with Crippen molar-refractivity contribution in [2.24, 2.45) is 17.8 Å². The van der Waals surface area contributed by atoms with Crippen LogP contribution in [-0.2, 0) is 14.4 Å². The fraction of sp³-hybridized carbons (Fsp3) is 0.735. The van der Waals surface area contributed by atoms with Crippen LogP contribution >= 0.6 is 67.8 Å². The van der Waals surface area contributed by atoms with Crippen LogP contribution in [0.4, 0.5) is 0 Å². The highest BCUT2D eigenvalue weighted by Crippen LogP contribution is 2.51. The summed E-state index contributed by atoms with van der Waals surface area (Å²) in [7, 11) is 2.00. The lowest BCUT2D eigenvalue weighted by atomic mass is 9.87. The van der Waals surface area contributed by atoms with E-state index in [1.807, 2.05) is 116 Å². The lowest BCUT2D eigenvalue weighted by Crippen LogP contribution is -2.49. The third kappa shape index (κ3) is 6.68. The molecule has 4 rings (SSSR count). The normalized spacial score (nSPS) is 28.8. The summed E-state index contributed by atoms with van der Waals surface area (Å²) in [6.07, 6.45) is 1.27. The van der Waals surface area contributed by atoms with Gasteiger partial charge in [0.2, 0.25) is 0 Å². The quantitative estimate of drug-likeness (QED) is 0.170. The second-order valence-corrected chi connectivity index (χ2v) is 20.3. The summed E-state index contributed by atoms with van der Waals surface area (Å²) in [5.41, 5.74) is -3.92. The van der Waals surface area contributed by atoms with E-state index in [0.29, 0.717) is 30.0 Å². The number of carbonyl (C=O) groups is 3. The Morgan fingerprint density at radius 2 is 0.792 bits per heavy atom. The van der Waals surface area contributed by atoms with Gasteiger partial charge in [-0.1, -0.05) is 0 Å². The molecule has 14 heteroatoms. The van der Waals surface area contributed by atoms with E-state index in [4.69, 9.17) is 14.2 Å². The molecule has 48 heavy (non-hydrogen) atoms. The van der Waals surface area contributed by atoms with Crippen molar-refractivity contribution in [3.63, 3.8) is 0 Å². The molecule has 3 aliphatic rings. The molecule has 3 unspecified atom stereocenters. The first-order valence-electron chi connectivity index (χ1n) is 16.1. The number of hydrogen-bond acceptors (Lipinski definition) is 11. The van der Waals surface area contributed by atoms with Crippen LogP contribution in [0.2, 0.25) is 0 Å². The molecule has 0 amide bonds. The highest BCUT2D eigenvalue weighted by atomic mass is 127. The van der Waals surface area contributed by atoms with Gasteiger partial charge in [0.1, 0.15) is 10.7 Å². The van der Waals surface area contributed by atoms with E-state index >= 15 is 0 Å². The van der Waals surface area contributed by atoms with Crippen molar-refractivity contribution in [2.45, 2.75) is 136 Å². The van der Waals surface area contributed by atoms with Crippen LogP contribution < -0.4 is 14.2 Å². The lowest BCUT2D eigenvalue weighted by molar-refractivity contribution is -0.198. The monoisotopic (exact) mass is 1010 g/mol. The Kier molecular flexibility index (Phi) is 10.9. The summed E-state index contributed by atoms with van der Waals surface area (Å²) >= 11 is 6.02. The third-order valence-electron chi connectivity index (χ3n) is 11.3. The maximum absolute atomic E-state index is 14.0. The molecule has 1 aromatic carbocycles. The molecule has 270 valence electrons. The first-order chi connectivity index (χ1) is 21.5. The first kappa shape index (κ1) is 40.4. The Morgan fingerprint density at radius 1 is 0.542 bits per heavy atom. The minimum atomic E-state index is -0.921. The summed E-state index contributed by atoms with van der Waals surface area (Å²) in [6.45, 7) is 22.8.